The van der Waals surface area contributed by atoms with Crippen LogP contribution in [0, 0.1) is 11.3 Å². The molecular formula is C13H7Br2N3O. The molecule has 0 aliphatic rings. The first-order valence-electron chi connectivity index (χ1n) is 5.22. The Kier molecular flexibility index (Phi) is 4.30. The zero-order valence-electron chi connectivity index (χ0n) is 9.52. The summed E-state index contributed by atoms with van der Waals surface area (Å²) in [5.41, 5.74) is 1.29. The maximum Gasteiger partial charge on any atom is 0.257 e. The van der Waals surface area contributed by atoms with Crippen molar-refractivity contribution in [1.29, 1.82) is 5.26 Å². The van der Waals surface area contributed by atoms with Crippen LogP contribution < -0.4 is 5.32 Å². The Labute approximate surface area is 126 Å². The van der Waals surface area contributed by atoms with Crippen molar-refractivity contribution in [3.63, 3.8) is 0 Å². The van der Waals surface area contributed by atoms with Crippen molar-refractivity contribution in [1.82, 2.24) is 4.98 Å². The molecule has 6 heteroatoms. The van der Waals surface area contributed by atoms with E-state index >= 15 is 0 Å². The predicted octanol–water partition coefficient (Wildman–Crippen LogP) is 3.73. The number of carbonyl (C=O) groups excluding carboxylic acids is 1. The van der Waals surface area contributed by atoms with Crippen molar-refractivity contribution in [3.05, 3.63) is 56.7 Å². The van der Waals surface area contributed by atoms with Crippen LogP contribution in [0.5, 0.6) is 0 Å². The van der Waals surface area contributed by atoms with Crippen LogP contribution in [0.15, 0.2) is 45.6 Å². The molecule has 0 radical (unpaired) electrons. The second-order valence-corrected chi connectivity index (χ2v) is 5.35. The number of rotatable bonds is 2. The van der Waals surface area contributed by atoms with Gasteiger partial charge in [-0.15, -0.1) is 0 Å². The Morgan fingerprint density at radius 1 is 1.26 bits per heavy atom. The number of benzene rings is 1. The summed E-state index contributed by atoms with van der Waals surface area (Å²) in [7, 11) is 0. The molecule has 0 unspecified atom stereocenters. The van der Waals surface area contributed by atoms with Crippen LogP contribution >= 0.6 is 31.9 Å². The minimum Gasteiger partial charge on any atom is -0.321 e. The number of anilines is 1. The van der Waals surface area contributed by atoms with Gasteiger partial charge in [0.1, 0.15) is 10.7 Å². The van der Waals surface area contributed by atoms with Crippen LogP contribution in [-0.2, 0) is 0 Å². The number of carbonyl (C=O) groups is 1. The molecule has 0 bridgehead atoms. The molecule has 0 atom stereocenters. The number of pyridine rings is 1. The Morgan fingerprint density at radius 3 is 2.68 bits per heavy atom. The third kappa shape index (κ3) is 3.40. The highest BCUT2D eigenvalue weighted by Crippen LogP contribution is 2.21. The lowest BCUT2D eigenvalue weighted by Gasteiger charge is -2.07. The maximum atomic E-state index is 12.0. The summed E-state index contributed by atoms with van der Waals surface area (Å²) >= 11 is 6.48. The fraction of sp³-hybridized carbons (Fsp3) is 0. The lowest BCUT2D eigenvalue weighted by Crippen LogP contribution is -2.13. The summed E-state index contributed by atoms with van der Waals surface area (Å²) in [5, 5.41) is 11.7. The molecule has 1 aromatic heterocycles. The van der Waals surface area contributed by atoms with Gasteiger partial charge in [0.05, 0.1) is 16.8 Å². The zero-order chi connectivity index (χ0) is 13.8. The van der Waals surface area contributed by atoms with Gasteiger partial charge in [-0.2, -0.15) is 5.26 Å². The first-order chi connectivity index (χ1) is 9.10. The van der Waals surface area contributed by atoms with Gasteiger partial charge in [0.15, 0.2) is 0 Å². The lowest BCUT2D eigenvalue weighted by atomic mass is 10.2. The second kappa shape index (κ2) is 5.95. The van der Waals surface area contributed by atoms with Gasteiger partial charge in [-0.3, -0.25) is 4.79 Å². The van der Waals surface area contributed by atoms with E-state index in [2.05, 4.69) is 42.2 Å². The number of nitrogens with one attached hydrogen (secondary N) is 1. The summed E-state index contributed by atoms with van der Waals surface area (Å²) in [6, 6.07) is 10.4. The minimum atomic E-state index is -0.307. The molecule has 0 aliphatic heterocycles. The molecule has 0 saturated carbocycles. The number of hydrogen-bond donors (Lipinski definition) is 1. The Balaban J connectivity index is 2.24. The van der Waals surface area contributed by atoms with Crippen LogP contribution in [0.2, 0.25) is 0 Å². The molecule has 0 spiro atoms. The molecule has 0 saturated heterocycles. The molecule has 1 heterocycles. The van der Waals surface area contributed by atoms with E-state index in [1.165, 1.54) is 6.20 Å². The predicted molar refractivity (Wildman–Crippen MR) is 78.7 cm³/mol. The molecule has 4 nitrogen and oxygen atoms in total. The highest BCUT2D eigenvalue weighted by atomic mass is 79.9. The SMILES string of the molecule is N#Cc1cc(Br)ccc1NC(=O)c1ccc(Br)nc1. The van der Waals surface area contributed by atoms with Gasteiger partial charge in [-0.05, 0) is 46.3 Å². The van der Waals surface area contributed by atoms with E-state index in [0.29, 0.717) is 21.4 Å². The third-order valence-electron chi connectivity index (χ3n) is 2.34. The highest BCUT2D eigenvalue weighted by molar-refractivity contribution is 9.10. The lowest BCUT2D eigenvalue weighted by molar-refractivity contribution is 0.102. The summed E-state index contributed by atoms with van der Waals surface area (Å²) in [6.07, 6.45) is 1.46. The topological polar surface area (TPSA) is 65.8 Å². The number of aromatic nitrogens is 1. The molecular weight excluding hydrogens is 374 g/mol. The Bertz CT molecular complexity index is 663. The van der Waals surface area contributed by atoms with Gasteiger partial charge in [0.25, 0.3) is 5.91 Å². The molecule has 0 aliphatic carbocycles. The molecule has 94 valence electrons. The number of nitriles is 1. The second-order valence-electron chi connectivity index (χ2n) is 3.63. The third-order valence-corrected chi connectivity index (χ3v) is 3.30. The average molecular weight is 381 g/mol. The number of halogens is 2. The van der Waals surface area contributed by atoms with Crippen LogP contribution in [0.1, 0.15) is 15.9 Å². The Morgan fingerprint density at radius 2 is 2.05 bits per heavy atom. The zero-order valence-corrected chi connectivity index (χ0v) is 12.7. The average Bonchev–Trinajstić information content (AvgIpc) is 2.41. The van der Waals surface area contributed by atoms with Gasteiger partial charge in [0.2, 0.25) is 0 Å². The molecule has 2 aromatic rings. The minimum absolute atomic E-state index is 0.307. The van der Waals surface area contributed by atoms with Crippen molar-refractivity contribution in [2.75, 3.05) is 5.32 Å². The summed E-state index contributed by atoms with van der Waals surface area (Å²) in [6.45, 7) is 0. The summed E-state index contributed by atoms with van der Waals surface area (Å²) in [5.74, 6) is -0.307. The van der Waals surface area contributed by atoms with Gasteiger partial charge < -0.3 is 5.32 Å². The van der Waals surface area contributed by atoms with Gasteiger partial charge in [-0.25, -0.2) is 4.98 Å². The van der Waals surface area contributed by atoms with Crippen molar-refractivity contribution < 1.29 is 4.79 Å². The first-order valence-corrected chi connectivity index (χ1v) is 6.81. The van der Waals surface area contributed by atoms with Crippen LogP contribution in [0.4, 0.5) is 5.69 Å². The van der Waals surface area contributed by atoms with Gasteiger partial charge >= 0.3 is 0 Å². The van der Waals surface area contributed by atoms with Gasteiger partial charge in [-0.1, -0.05) is 15.9 Å². The van der Waals surface area contributed by atoms with Crippen molar-refractivity contribution in [2.45, 2.75) is 0 Å². The quantitative estimate of drug-likeness (QED) is 0.807. The van der Waals surface area contributed by atoms with E-state index in [0.717, 1.165) is 4.47 Å². The van der Waals surface area contributed by atoms with E-state index in [-0.39, 0.29) is 5.91 Å². The molecule has 2 rings (SSSR count). The van der Waals surface area contributed by atoms with Crippen LogP contribution in [0.25, 0.3) is 0 Å². The number of nitrogens with zero attached hydrogens (tertiary/aromatic N) is 2. The molecule has 0 fully saturated rings. The number of hydrogen-bond acceptors (Lipinski definition) is 3. The smallest absolute Gasteiger partial charge is 0.257 e. The Hall–Kier alpha value is -1.71. The standard InChI is InChI=1S/C13H7Br2N3O/c14-10-2-3-11(9(5-10)6-16)18-13(19)8-1-4-12(15)17-7-8/h1-5,7H,(H,18,19). The largest absolute Gasteiger partial charge is 0.321 e. The fourth-order valence-electron chi connectivity index (χ4n) is 1.42. The van der Waals surface area contributed by atoms with Gasteiger partial charge in [0, 0.05) is 10.7 Å². The normalized spacial score (nSPS) is 9.74. The summed E-state index contributed by atoms with van der Waals surface area (Å²) < 4.78 is 1.44. The number of amides is 1. The van der Waals surface area contributed by atoms with Crippen molar-refractivity contribution in [2.24, 2.45) is 0 Å². The fourth-order valence-corrected chi connectivity index (χ4v) is 2.02. The van der Waals surface area contributed by atoms with E-state index < -0.39 is 0 Å². The molecule has 19 heavy (non-hydrogen) atoms. The van der Waals surface area contributed by atoms with E-state index in [9.17, 15) is 4.79 Å². The van der Waals surface area contributed by atoms with E-state index in [1.54, 1.807) is 30.3 Å². The molecule has 1 amide bonds. The molecule has 1 aromatic carbocycles. The van der Waals surface area contributed by atoms with Crippen molar-refractivity contribution >= 4 is 43.5 Å². The van der Waals surface area contributed by atoms with E-state index in [1.807, 2.05) is 6.07 Å². The van der Waals surface area contributed by atoms with E-state index in [4.69, 9.17) is 5.26 Å². The highest BCUT2D eigenvalue weighted by Gasteiger charge is 2.09. The van der Waals surface area contributed by atoms with Crippen molar-refractivity contribution in [3.8, 4) is 6.07 Å². The summed E-state index contributed by atoms with van der Waals surface area (Å²) in [4.78, 5) is 16.0. The first kappa shape index (κ1) is 13.7. The monoisotopic (exact) mass is 379 g/mol. The molecule has 1 N–H and O–H groups in total. The van der Waals surface area contributed by atoms with Crippen LogP contribution in [-0.4, -0.2) is 10.9 Å². The maximum absolute atomic E-state index is 12.0. The van der Waals surface area contributed by atoms with Crippen LogP contribution in [0.3, 0.4) is 0 Å².